The number of ether oxygens (including phenoxy) is 1. The van der Waals surface area contributed by atoms with Gasteiger partial charge < -0.3 is 4.74 Å². The monoisotopic (exact) mass is 192 g/mol. The van der Waals surface area contributed by atoms with Crippen LogP contribution in [-0.4, -0.2) is 11.9 Å². The summed E-state index contributed by atoms with van der Waals surface area (Å²) in [4.78, 5) is 12.1. The average Bonchev–Trinajstić information content (AvgIpc) is 2.15. The summed E-state index contributed by atoms with van der Waals surface area (Å²) < 4.78 is 5.78. The molecule has 1 atom stereocenters. The van der Waals surface area contributed by atoms with Crippen LogP contribution in [-0.2, 0) is 9.53 Å². The van der Waals surface area contributed by atoms with E-state index in [2.05, 4.69) is 0 Å². The fourth-order valence-electron chi connectivity index (χ4n) is 1.86. The van der Waals surface area contributed by atoms with Crippen molar-refractivity contribution in [1.82, 2.24) is 0 Å². The lowest BCUT2D eigenvalue weighted by atomic mass is 9.76. The molecule has 1 heterocycles. The lowest BCUT2D eigenvalue weighted by molar-refractivity contribution is -0.132. The van der Waals surface area contributed by atoms with Crippen LogP contribution in [0, 0.1) is 5.41 Å². The molecule has 0 aromatic carbocycles. The zero-order chi connectivity index (χ0) is 10.3. The van der Waals surface area contributed by atoms with Crippen molar-refractivity contribution >= 4 is 5.78 Å². The van der Waals surface area contributed by atoms with Crippen molar-refractivity contribution in [3.05, 3.63) is 23.5 Å². The van der Waals surface area contributed by atoms with E-state index < -0.39 is 0 Å². The van der Waals surface area contributed by atoms with E-state index in [1.54, 1.807) is 0 Å². The molecule has 0 bridgehead atoms. The highest BCUT2D eigenvalue weighted by atomic mass is 16.5. The molecule has 1 unspecified atom stereocenters. The molecule has 0 aromatic rings. The molecule has 1 aliphatic heterocycles. The quantitative estimate of drug-likeness (QED) is 0.589. The lowest BCUT2D eigenvalue weighted by Gasteiger charge is -2.37. The summed E-state index contributed by atoms with van der Waals surface area (Å²) >= 11 is 0. The predicted octanol–water partition coefficient (Wildman–Crippen LogP) is 2.60. The third-order valence-corrected chi connectivity index (χ3v) is 3.29. The number of carbonyl (C=O) groups excluding carboxylic acids is 1. The van der Waals surface area contributed by atoms with Crippen LogP contribution in [0.1, 0.15) is 33.6 Å². The normalized spacial score (nSPS) is 29.9. The van der Waals surface area contributed by atoms with Crippen LogP contribution in [0.15, 0.2) is 23.5 Å². The van der Waals surface area contributed by atoms with E-state index in [0.717, 1.165) is 24.2 Å². The second kappa shape index (κ2) is 2.97. The molecule has 2 heteroatoms. The summed E-state index contributed by atoms with van der Waals surface area (Å²) in [5.41, 5.74) is 0.403. The molecule has 0 radical (unpaired) electrons. The molecular formula is C12H16O2. The minimum Gasteiger partial charge on any atom is -0.493 e. The number of allylic oxidation sites excluding steroid dienone is 4. The molecule has 14 heavy (non-hydrogen) atoms. The van der Waals surface area contributed by atoms with E-state index in [-0.39, 0.29) is 17.3 Å². The second-order valence-electron chi connectivity index (χ2n) is 4.59. The van der Waals surface area contributed by atoms with Gasteiger partial charge in [0.15, 0.2) is 5.78 Å². The van der Waals surface area contributed by atoms with Crippen molar-refractivity contribution < 1.29 is 9.53 Å². The summed E-state index contributed by atoms with van der Waals surface area (Å²) in [5.74, 6) is 1.12. The Balaban J connectivity index is 2.44. The Labute approximate surface area is 84.6 Å². The smallest absolute Gasteiger partial charge is 0.175 e. The highest BCUT2D eigenvalue weighted by Gasteiger charge is 2.42. The van der Waals surface area contributed by atoms with Crippen molar-refractivity contribution in [3.8, 4) is 0 Å². The first-order valence-electron chi connectivity index (χ1n) is 5.14. The van der Waals surface area contributed by atoms with E-state index in [0.29, 0.717) is 0 Å². The average molecular weight is 192 g/mol. The van der Waals surface area contributed by atoms with Gasteiger partial charge in [0.25, 0.3) is 0 Å². The number of Topliss-reactive ketones (excluding diaryl/α,β-unsaturated/α-hetero) is 1. The Morgan fingerprint density at radius 1 is 1.50 bits per heavy atom. The van der Waals surface area contributed by atoms with Gasteiger partial charge in [-0.3, -0.25) is 4.79 Å². The Bertz CT molecular complexity index is 334. The summed E-state index contributed by atoms with van der Waals surface area (Å²) in [6.45, 7) is 5.87. The number of hydrogen-bond donors (Lipinski definition) is 0. The van der Waals surface area contributed by atoms with Crippen molar-refractivity contribution in [2.24, 2.45) is 5.41 Å². The number of rotatable bonds is 0. The largest absolute Gasteiger partial charge is 0.493 e. The maximum atomic E-state index is 12.1. The maximum absolute atomic E-state index is 12.1. The first kappa shape index (κ1) is 9.50. The first-order valence-corrected chi connectivity index (χ1v) is 5.14. The lowest BCUT2D eigenvalue weighted by Crippen LogP contribution is -2.42. The van der Waals surface area contributed by atoms with E-state index in [9.17, 15) is 4.79 Å². The van der Waals surface area contributed by atoms with E-state index in [1.807, 2.05) is 32.9 Å². The van der Waals surface area contributed by atoms with Crippen molar-refractivity contribution in [1.29, 1.82) is 0 Å². The van der Waals surface area contributed by atoms with Gasteiger partial charge in [0.1, 0.15) is 11.9 Å². The van der Waals surface area contributed by atoms with Gasteiger partial charge >= 0.3 is 0 Å². The predicted molar refractivity (Wildman–Crippen MR) is 54.7 cm³/mol. The van der Waals surface area contributed by atoms with Crippen LogP contribution in [0.5, 0.6) is 0 Å². The fourth-order valence-corrected chi connectivity index (χ4v) is 1.86. The molecule has 0 spiro atoms. The summed E-state index contributed by atoms with van der Waals surface area (Å²) in [6.07, 6.45) is 5.80. The molecule has 0 amide bonds. The molecule has 2 aliphatic rings. The van der Waals surface area contributed by atoms with Crippen LogP contribution in [0.4, 0.5) is 0 Å². The topological polar surface area (TPSA) is 26.3 Å². The molecule has 2 nitrogen and oxygen atoms in total. The molecule has 0 saturated carbocycles. The molecule has 76 valence electrons. The second-order valence-corrected chi connectivity index (χ2v) is 4.59. The summed E-state index contributed by atoms with van der Waals surface area (Å²) in [6, 6.07) is 0. The fraction of sp³-hybridized carbons (Fsp3) is 0.583. The molecule has 0 N–H and O–H groups in total. The maximum Gasteiger partial charge on any atom is 0.175 e. The van der Waals surface area contributed by atoms with Gasteiger partial charge in [0, 0.05) is 6.42 Å². The standard InChI is InChI=1S/C12H16O2/c1-8-12(2,3)11(13)9-6-4-5-7-10(9)14-8/h4,6,8H,5,7H2,1-3H3. The van der Waals surface area contributed by atoms with Gasteiger partial charge in [-0.05, 0) is 27.2 Å². The number of hydrogen-bond acceptors (Lipinski definition) is 2. The van der Waals surface area contributed by atoms with Crippen LogP contribution < -0.4 is 0 Å². The van der Waals surface area contributed by atoms with Crippen LogP contribution >= 0.6 is 0 Å². The minimum absolute atomic E-state index is 0.0137. The Hall–Kier alpha value is -1.05. The molecule has 0 aromatic heterocycles. The van der Waals surface area contributed by atoms with Gasteiger partial charge in [-0.15, -0.1) is 0 Å². The van der Waals surface area contributed by atoms with Crippen molar-refractivity contribution in [2.75, 3.05) is 0 Å². The van der Waals surface area contributed by atoms with Crippen LogP contribution in [0.3, 0.4) is 0 Å². The van der Waals surface area contributed by atoms with E-state index in [1.165, 1.54) is 0 Å². The zero-order valence-corrected chi connectivity index (χ0v) is 8.96. The molecular weight excluding hydrogens is 176 g/mol. The van der Waals surface area contributed by atoms with E-state index in [4.69, 9.17) is 4.74 Å². The zero-order valence-electron chi connectivity index (χ0n) is 8.96. The van der Waals surface area contributed by atoms with Crippen LogP contribution in [0.25, 0.3) is 0 Å². The SMILES string of the molecule is CC1OC2=C(C=CCC2)C(=O)C1(C)C. The Morgan fingerprint density at radius 3 is 2.93 bits per heavy atom. The van der Waals surface area contributed by atoms with Gasteiger partial charge in [0.05, 0.1) is 11.0 Å². The Morgan fingerprint density at radius 2 is 2.21 bits per heavy atom. The van der Waals surface area contributed by atoms with E-state index >= 15 is 0 Å². The molecule has 1 aliphatic carbocycles. The minimum atomic E-state index is -0.388. The number of carbonyl (C=O) groups is 1. The molecule has 0 saturated heterocycles. The first-order chi connectivity index (χ1) is 6.53. The van der Waals surface area contributed by atoms with Crippen molar-refractivity contribution in [3.63, 3.8) is 0 Å². The Kier molecular flexibility index (Phi) is 2.02. The van der Waals surface area contributed by atoms with Crippen LogP contribution in [0.2, 0.25) is 0 Å². The van der Waals surface area contributed by atoms with Gasteiger partial charge in [-0.2, -0.15) is 0 Å². The summed E-state index contributed by atoms with van der Waals surface area (Å²) in [5, 5.41) is 0. The third kappa shape index (κ3) is 1.21. The summed E-state index contributed by atoms with van der Waals surface area (Å²) in [7, 11) is 0. The van der Waals surface area contributed by atoms with Gasteiger partial charge in [-0.1, -0.05) is 12.2 Å². The molecule has 0 fully saturated rings. The third-order valence-electron chi connectivity index (χ3n) is 3.29. The van der Waals surface area contributed by atoms with Crippen molar-refractivity contribution in [2.45, 2.75) is 39.7 Å². The van der Waals surface area contributed by atoms with Gasteiger partial charge in [0.2, 0.25) is 0 Å². The number of ketones is 1. The highest BCUT2D eigenvalue weighted by molar-refractivity contribution is 6.03. The highest BCUT2D eigenvalue weighted by Crippen LogP contribution is 2.38. The van der Waals surface area contributed by atoms with Gasteiger partial charge in [-0.25, -0.2) is 0 Å². The molecule has 2 rings (SSSR count).